The zero-order valence-electron chi connectivity index (χ0n) is 10.6. The molecule has 0 aliphatic rings. The second-order valence-corrected chi connectivity index (χ2v) is 5.70. The molecule has 0 unspecified atom stereocenters. The molecule has 0 amide bonds. The Labute approximate surface area is 133 Å². The molecule has 6 heteroatoms. The molecule has 0 aliphatic heterocycles. The summed E-state index contributed by atoms with van der Waals surface area (Å²) >= 11 is 6.75. The van der Waals surface area contributed by atoms with Crippen LogP contribution in [0, 0.1) is 0 Å². The van der Waals surface area contributed by atoms with E-state index in [1.54, 1.807) is 24.5 Å². The third-order valence-electron chi connectivity index (χ3n) is 2.55. The van der Waals surface area contributed by atoms with Crippen molar-refractivity contribution in [2.75, 3.05) is 7.11 Å². The number of esters is 1. The lowest BCUT2D eigenvalue weighted by atomic mass is 10.1. The molecule has 2 aromatic rings. The summed E-state index contributed by atoms with van der Waals surface area (Å²) in [5, 5.41) is 0. The summed E-state index contributed by atoms with van der Waals surface area (Å²) in [6, 6.07) is 7.07. The number of pyridine rings is 1. The largest absolute Gasteiger partial charge is 0.487 e. The molecule has 20 heavy (non-hydrogen) atoms. The fraction of sp³-hybridized carbons (Fsp3) is 0.143. The van der Waals surface area contributed by atoms with Crippen molar-refractivity contribution in [1.29, 1.82) is 0 Å². The number of rotatable bonds is 4. The molecular formula is C14H11Br2NO3. The van der Waals surface area contributed by atoms with Crippen molar-refractivity contribution < 1.29 is 14.3 Å². The normalized spacial score (nSPS) is 10.2. The fourth-order valence-corrected chi connectivity index (χ4v) is 2.38. The molecule has 104 valence electrons. The quantitative estimate of drug-likeness (QED) is 0.728. The molecule has 0 radical (unpaired) electrons. The van der Waals surface area contributed by atoms with E-state index >= 15 is 0 Å². The average Bonchev–Trinajstić information content (AvgIpc) is 2.45. The van der Waals surface area contributed by atoms with Crippen LogP contribution in [0.2, 0.25) is 0 Å². The monoisotopic (exact) mass is 399 g/mol. The van der Waals surface area contributed by atoms with Gasteiger partial charge in [0.15, 0.2) is 0 Å². The zero-order chi connectivity index (χ0) is 14.5. The predicted molar refractivity (Wildman–Crippen MR) is 81.8 cm³/mol. The van der Waals surface area contributed by atoms with Gasteiger partial charge in [-0.2, -0.15) is 0 Å². The Morgan fingerprint density at radius 3 is 2.70 bits per heavy atom. The van der Waals surface area contributed by atoms with Gasteiger partial charge in [0.05, 0.1) is 18.9 Å². The summed E-state index contributed by atoms with van der Waals surface area (Å²) in [5.74, 6) is 0.303. The first-order chi connectivity index (χ1) is 9.60. The molecular weight excluding hydrogens is 390 g/mol. The van der Waals surface area contributed by atoms with Gasteiger partial charge in [0.1, 0.15) is 12.4 Å². The number of carbonyl (C=O) groups is 1. The number of hydrogen-bond acceptors (Lipinski definition) is 4. The van der Waals surface area contributed by atoms with E-state index in [0.717, 1.165) is 14.5 Å². The Morgan fingerprint density at radius 2 is 2.05 bits per heavy atom. The van der Waals surface area contributed by atoms with Crippen molar-refractivity contribution in [2.45, 2.75) is 6.61 Å². The van der Waals surface area contributed by atoms with Crippen LogP contribution in [-0.2, 0) is 11.3 Å². The highest BCUT2D eigenvalue weighted by molar-refractivity contribution is 9.10. The van der Waals surface area contributed by atoms with Crippen molar-refractivity contribution in [2.24, 2.45) is 0 Å². The van der Waals surface area contributed by atoms with Crippen molar-refractivity contribution >= 4 is 37.8 Å². The van der Waals surface area contributed by atoms with E-state index in [2.05, 4.69) is 41.6 Å². The first kappa shape index (κ1) is 15.0. The smallest absolute Gasteiger partial charge is 0.337 e. The van der Waals surface area contributed by atoms with Gasteiger partial charge in [0.25, 0.3) is 0 Å². The van der Waals surface area contributed by atoms with Crippen molar-refractivity contribution in [3.8, 4) is 5.75 Å². The molecule has 1 aromatic heterocycles. The van der Waals surface area contributed by atoms with Crippen LogP contribution in [0.1, 0.15) is 15.9 Å². The third-order valence-corrected chi connectivity index (χ3v) is 3.72. The maximum absolute atomic E-state index is 11.4. The van der Waals surface area contributed by atoms with Gasteiger partial charge in [-0.1, -0.05) is 22.0 Å². The predicted octanol–water partition coefficient (Wildman–Crippen LogP) is 3.97. The molecule has 0 aliphatic carbocycles. The van der Waals surface area contributed by atoms with E-state index < -0.39 is 0 Å². The van der Waals surface area contributed by atoms with Gasteiger partial charge < -0.3 is 9.47 Å². The first-order valence-electron chi connectivity index (χ1n) is 5.70. The van der Waals surface area contributed by atoms with Gasteiger partial charge in [0.2, 0.25) is 0 Å². The number of ether oxygens (including phenoxy) is 2. The average molecular weight is 401 g/mol. The van der Waals surface area contributed by atoms with Gasteiger partial charge >= 0.3 is 5.97 Å². The van der Waals surface area contributed by atoms with E-state index in [1.807, 2.05) is 12.1 Å². The Kier molecular flexibility index (Phi) is 5.14. The summed E-state index contributed by atoms with van der Waals surface area (Å²) in [5.41, 5.74) is 1.42. The SMILES string of the molecule is COC(=O)c1ccc(COc2cncc(Br)c2)c(Br)c1. The van der Waals surface area contributed by atoms with Crippen LogP contribution in [0.15, 0.2) is 45.6 Å². The number of carbonyl (C=O) groups excluding carboxylic acids is 1. The molecule has 0 saturated heterocycles. The standard InChI is InChI=1S/C14H11Br2NO3/c1-19-14(18)9-2-3-10(13(16)4-9)8-20-12-5-11(15)6-17-7-12/h2-7H,8H2,1H3. The van der Waals surface area contributed by atoms with Crippen LogP contribution >= 0.6 is 31.9 Å². The minimum Gasteiger partial charge on any atom is -0.487 e. The van der Waals surface area contributed by atoms with Gasteiger partial charge in [-0.15, -0.1) is 0 Å². The summed E-state index contributed by atoms with van der Waals surface area (Å²) in [6.45, 7) is 0.375. The van der Waals surface area contributed by atoms with Gasteiger partial charge in [0, 0.05) is 20.7 Å². The third kappa shape index (κ3) is 3.80. The van der Waals surface area contributed by atoms with Crippen LogP contribution in [0.25, 0.3) is 0 Å². The molecule has 0 spiro atoms. The van der Waals surface area contributed by atoms with E-state index in [1.165, 1.54) is 7.11 Å². The Bertz CT molecular complexity index is 632. The molecule has 0 bridgehead atoms. The highest BCUT2D eigenvalue weighted by atomic mass is 79.9. The minimum atomic E-state index is -0.366. The lowest BCUT2D eigenvalue weighted by Gasteiger charge is -2.09. The van der Waals surface area contributed by atoms with Crippen LogP contribution in [0.3, 0.4) is 0 Å². The Hall–Kier alpha value is -1.40. The fourth-order valence-electron chi connectivity index (χ4n) is 1.54. The Balaban J connectivity index is 2.08. The number of nitrogens with zero attached hydrogens (tertiary/aromatic N) is 1. The summed E-state index contributed by atoms with van der Waals surface area (Å²) in [4.78, 5) is 15.4. The highest BCUT2D eigenvalue weighted by Gasteiger charge is 2.09. The summed E-state index contributed by atoms with van der Waals surface area (Å²) in [7, 11) is 1.35. The number of halogens is 2. The van der Waals surface area contributed by atoms with Crippen molar-refractivity contribution in [1.82, 2.24) is 4.98 Å². The second kappa shape index (κ2) is 6.85. The lowest BCUT2D eigenvalue weighted by Crippen LogP contribution is -2.03. The molecule has 1 heterocycles. The van der Waals surface area contributed by atoms with E-state index in [4.69, 9.17) is 4.74 Å². The number of benzene rings is 1. The zero-order valence-corrected chi connectivity index (χ0v) is 13.8. The molecule has 2 rings (SSSR count). The van der Waals surface area contributed by atoms with E-state index in [9.17, 15) is 4.79 Å². The molecule has 0 fully saturated rings. The molecule has 0 atom stereocenters. The molecule has 0 saturated carbocycles. The highest BCUT2D eigenvalue weighted by Crippen LogP contribution is 2.22. The van der Waals surface area contributed by atoms with Crippen LogP contribution in [-0.4, -0.2) is 18.1 Å². The molecule has 0 N–H and O–H groups in total. The van der Waals surface area contributed by atoms with Crippen LogP contribution < -0.4 is 4.74 Å². The minimum absolute atomic E-state index is 0.366. The Morgan fingerprint density at radius 1 is 1.25 bits per heavy atom. The van der Waals surface area contributed by atoms with Crippen molar-refractivity contribution in [3.63, 3.8) is 0 Å². The molecule has 1 aromatic carbocycles. The number of methoxy groups -OCH3 is 1. The first-order valence-corrected chi connectivity index (χ1v) is 7.29. The second-order valence-electron chi connectivity index (χ2n) is 3.93. The number of hydrogen-bond donors (Lipinski definition) is 0. The summed E-state index contributed by atoms with van der Waals surface area (Å²) < 4.78 is 12.0. The molecule has 4 nitrogen and oxygen atoms in total. The van der Waals surface area contributed by atoms with Gasteiger partial charge in [-0.25, -0.2) is 4.79 Å². The van der Waals surface area contributed by atoms with E-state index in [0.29, 0.717) is 17.9 Å². The maximum Gasteiger partial charge on any atom is 0.337 e. The lowest BCUT2D eigenvalue weighted by molar-refractivity contribution is 0.0600. The summed E-state index contributed by atoms with van der Waals surface area (Å²) in [6.07, 6.45) is 3.33. The number of aromatic nitrogens is 1. The van der Waals surface area contributed by atoms with Gasteiger partial charge in [-0.05, 0) is 34.1 Å². The van der Waals surface area contributed by atoms with E-state index in [-0.39, 0.29) is 5.97 Å². The maximum atomic E-state index is 11.4. The topological polar surface area (TPSA) is 48.4 Å². The van der Waals surface area contributed by atoms with Crippen molar-refractivity contribution in [3.05, 3.63) is 56.7 Å². The van der Waals surface area contributed by atoms with Crippen LogP contribution in [0.4, 0.5) is 0 Å². The van der Waals surface area contributed by atoms with Crippen LogP contribution in [0.5, 0.6) is 5.75 Å². The van der Waals surface area contributed by atoms with Gasteiger partial charge in [-0.3, -0.25) is 4.98 Å².